The van der Waals surface area contributed by atoms with Crippen LogP contribution in [0.2, 0.25) is 4.17 Å². The zero-order valence-corrected chi connectivity index (χ0v) is 6.94. The van der Waals surface area contributed by atoms with Crippen molar-refractivity contribution in [3.8, 4) is 0 Å². The Morgan fingerprint density at radius 3 is 1.25 bits per heavy atom. The average Bonchev–Trinajstić information content (AvgIpc) is 1.36. The van der Waals surface area contributed by atoms with E-state index in [1.807, 2.05) is 0 Å². The maximum atomic E-state index is 8.74. The molecule has 0 radical (unpaired) electrons. The van der Waals surface area contributed by atoms with Crippen LogP contribution in [0.5, 0.6) is 0 Å². The molecule has 0 aliphatic rings. The third kappa shape index (κ3) is 106. The summed E-state index contributed by atoms with van der Waals surface area (Å²) < 4.78 is 33.7. The molecule has 0 aliphatic heterocycles. The fraction of sp³-hybridized carbons (Fsp3) is 1.00. The first-order valence-corrected chi connectivity index (χ1v) is 5.10. The van der Waals surface area contributed by atoms with Gasteiger partial charge in [0.1, 0.15) is 0 Å². The van der Waals surface area contributed by atoms with Gasteiger partial charge in [-0.05, 0) is 0 Å². The quantitative estimate of drug-likeness (QED) is 0.348. The van der Waals surface area contributed by atoms with Crippen molar-refractivity contribution in [2.45, 2.75) is 4.17 Å². The van der Waals surface area contributed by atoms with E-state index in [1.54, 1.807) is 0 Å². The van der Waals surface area contributed by atoms with Crippen LogP contribution >= 0.6 is 0 Å². The first-order chi connectivity index (χ1) is 3.00. The van der Waals surface area contributed by atoms with Gasteiger partial charge in [0.2, 0.25) is 0 Å². The van der Waals surface area contributed by atoms with Crippen molar-refractivity contribution in [1.82, 2.24) is 0 Å². The predicted molar refractivity (Wildman–Crippen MR) is 32.9 cm³/mol. The monoisotopic (exact) mass is 160 g/mol. The van der Waals surface area contributed by atoms with Gasteiger partial charge in [0.05, 0.1) is 0 Å². The summed E-state index contributed by atoms with van der Waals surface area (Å²) in [6, 6.07) is 0. The Kier molecular flexibility index (Phi) is 18.2. The molecule has 0 aliphatic carbocycles. The molecule has 4 nitrogen and oxygen atoms in total. The van der Waals surface area contributed by atoms with Crippen molar-refractivity contribution in [3.05, 3.63) is 0 Å². The van der Waals surface area contributed by atoms with Gasteiger partial charge in [0.25, 0.3) is 0 Å². The average molecular weight is 160 g/mol. The molecule has 0 spiro atoms. The molecule has 7 heteroatoms. The summed E-state index contributed by atoms with van der Waals surface area (Å²) in [6.07, 6.45) is 0. The van der Waals surface area contributed by atoms with Crippen LogP contribution in [0.1, 0.15) is 0 Å². The van der Waals surface area contributed by atoms with Crippen molar-refractivity contribution in [2.75, 3.05) is 0 Å². The first kappa shape index (κ1) is 16.5. The summed E-state index contributed by atoms with van der Waals surface area (Å²) in [5.41, 5.74) is 0. The molecule has 0 unspecified atom stereocenters. The molecular formula is CH6Na2O4S. The van der Waals surface area contributed by atoms with Crippen molar-refractivity contribution in [2.24, 2.45) is 0 Å². The second-order valence-electron chi connectivity index (χ2n) is 0.448. The number of hydrogen-bond acceptors (Lipinski definition) is 2. The normalized spacial score (nSPS) is 8.12. The minimum absolute atomic E-state index is 0. The molecule has 0 aromatic heterocycles. The Bertz CT molecular complexity index is 97.2. The molecule has 0 fully saturated rings. The molecule has 0 saturated carbocycles. The van der Waals surface area contributed by atoms with Gasteiger partial charge >= 0.3 is 72.1 Å². The maximum absolute atomic E-state index is 8.74. The molecule has 0 saturated heterocycles. The zero-order valence-electron chi connectivity index (χ0n) is 4.12. The van der Waals surface area contributed by atoms with Gasteiger partial charge in [0, 0.05) is 0 Å². The Morgan fingerprint density at radius 1 is 1.25 bits per heavy atom. The van der Waals surface area contributed by atoms with E-state index in [0.717, 1.165) is 0 Å². The van der Waals surface area contributed by atoms with Crippen LogP contribution < -0.4 is 0 Å². The summed E-state index contributed by atoms with van der Waals surface area (Å²) >= 11 is 1.31. The van der Waals surface area contributed by atoms with E-state index in [4.69, 9.17) is 17.5 Å². The van der Waals surface area contributed by atoms with Gasteiger partial charge in [-0.2, -0.15) is 8.42 Å². The number of rotatable bonds is 0. The minimum atomic E-state index is -4.67. The van der Waals surface area contributed by atoms with Gasteiger partial charge in [-0.15, -0.1) is 0 Å². The van der Waals surface area contributed by atoms with Crippen molar-refractivity contribution >= 4 is 67.9 Å². The van der Waals surface area contributed by atoms with Crippen LogP contribution in [-0.4, -0.2) is 75.0 Å². The third-order valence-electron chi connectivity index (χ3n) is 0. The van der Waals surface area contributed by atoms with Crippen LogP contribution in [0.15, 0.2) is 0 Å². The van der Waals surface area contributed by atoms with Gasteiger partial charge in [-0.3, -0.25) is 9.11 Å². The summed E-state index contributed by atoms with van der Waals surface area (Å²) in [5.74, 6) is 0. The van der Waals surface area contributed by atoms with Gasteiger partial charge in [0.15, 0.2) is 0 Å². The second-order valence-corrected chi connectivity index (χ2v) is 1.34. The van der Waals surface area contributed by atoms with E-state index >= 15 is 0 Å². The fourth-order valence-electron chi connectivity index (χ4n) is 0. The standard InChI is InChI=1S/CH3.2Na.H2O4S.H/c;;;1-5(2,3)4;/h1H3;;;(H2,1,2,3,4);. The molecule has 8 heavy (non-hydrogen) atoms. The third-order valence-corrected chi connectivity index (χ3v) is 0. The SMILES string of the molecule is O=S(=O)(O)O.[CH3][Na].[NaH]. The summed E-state index contributed by atoms with van der Waals surface area (Å²) in [7, 11) is -4.67. The topological polar surface area (TPSA) is 74.6 Å². The summed E-state index contributed by atoms with van der Waals surface area (Å²) in [5, 5.41) is 0. The molecular weight excluding hydrogens is 154 g/mol. The number of hydrogen-bond donors (Lipinski definition) is 2. The Morgan fingerprint density at radius 2 is 1.25 bits per heavy atom. The molecule has 0 aromatic rings. The van der Waals surface area contributed by atoms with E-state index in [0.29, 0.717) is 0 Å². The molecule has 2 N–H and O–H groups in total. The van der Waals surface area contributed by atoms with Crippen LogP contribution in [0.4, 0.5) is 0 Å². The second kappa shape index (κ2) is 8.87. The molecule has 0 bridgehead atoms. The molecule has 0 aromatic carbocycles. The fourth-order valence-corrected chi connectivity index (χ4v) is 0. The molecule has 0 amide bonds. The summed E-state index contributed by atoms with van der Waals surface area (Å²) in [6.45, 7) is 0. The molecule has 42 valence electrons. The Labute approximate surface area is 88.3 Å². The summed E-state index contributed by atoms with van der Waals surface area (Å²) in [4.78, 5) is 0. The van der Waals surface area contributed by atoms with Crippen molar-refractivity contribution < 1.29 is 17.5 Å². The van der Waals surface area contributed by atoms with Crippen LogP contribution in [0.3, 0.4) is 0 Å². The van der Waals surface area contributed by atoms with E-state index in [1.165, 1.54) is 27.9 Å². The van der Waals surface area contributed by atoms with Crippen molar-refractivity contribution in [3.63, 3.8) is 0 Å². The van der Waals surface area contributed by atoms with Crippen LogP contribution in [-0.2, 0) is 10.4 Å². The molecule has 0 heterocycles. The first-order valence-electron chi connectivity index (χ1n) is 1.70. The van der Waals surface area contributed by atoms with E-state index in [9.17, 15) is 0 Å². The zero-order chi connectivity index (χ0) is 6.50. The van der Waals surface area contributed by atoms with Crippen LogP contribution in [0, 0.1) is 0 Å². The van der Waals surface area contributed by atoms with Gasteiger partial charge < -0.3 is 0 Å². The van der Waals surface area contributed by atoms with E-state index < -0.39 is 10.4 Å². The predicted octanol–water partition coefficient (Wildman–Crippen LogP) is -1.10. The molecule has 0 rings (SSSR count). The van der Waals surface area contributed by atoms with E-state index in [2.05, 4.69) is 4.17 Å². The van der Waals surface area contributed by atoms with E-state index in [-0.39, 0.29) is 29.6 Å². The molecule has 0 atom stereocenters. The van der Waals surface area contributed by atoms with Gasteiger partial charge in [-0.25, -0.2) is 0 Å². The van der Waals surface area contributed by atoms with Gasteiger partial charge in [-0.1, -0.05) is 0 Å². The Hall–Kier alpha value is 1.87. The van der Waals surface area contributed by atoms with Crippen LogP contribution in [0.25, 0.3) is 0 Å². The Balaban J connectivity index is -0.0000000750. The van der Waals surface area contributed by atoms with Crippen molar-refractivity contribution in [1.29, 1.82) is 0 Å².